The third kappa shape index (κ3) is 2.01. The van der Waals surface area contributed by atoms with Gasteiger partial charge in [-0.2, -0.15) is 0 Å². The van der Waals surface area contributed by atoms with Gasteiger partial charge in [0.1, 0.15) is 0 Å². The lowest BCUT2D eigenvalue weighted by Crippen LogP contribution is -2.46. The molecular formula is C17H24N2O3. The van der Waals surface area contributed by atoms with E-state index in [0.717, 1.165) is 45.2 Å². The molecule has 5 nitrogen and oxygen atoms in total. The van der Waals surface area contributed by atoms with Gasteiger partial charge < -0.3 is 14.5 Å². The van der Waals surface area contributed by atoms with E-state index in [1.54, 1.807) is 0 Å². The fraction of sp³-hybridized carbons (Fsp3) is 0.882. The number of fused-ring (bicyclic) bond motifs is 2. The lowest BCUT2D eigenvalue weighted by atomic mass is 9.88. The minimum atomic E-state index is 0.0753. The number of likely N-dealkylation sites (tertiary alicyclic amines) is 2. The van der Waals surface area contributed by atoms with Gasteiger partial charge >= 0.3 is 0 Å². The molecule has 3 heterocycles. The van der Waals surface area contributed by atoms with Crippen LogP contribution in [0.15, 0.2) is 0 Å². The van der Waals surface area contributed by atoms with Crippen molar-refractivity contribution in [3.05, 3.63) is 0 Å². The third-order valence-electron chi connectivity index (χ3n) is 6.56. The van der Waals surface area contributed by atoms with E-state index < -0.39 is 0 Å². The van der Waals surface area contributed by atoms with Crippen LogP contribution in [-0.4, -0.2) is 61.0 Å². The molecule has 5 rings (SSSR count). The zero-order valence-corrected chi connectivity index (χ0v) is 12.9. The quantitative estimate of drug-likeness (QED) is 0.767. The van der Waals surface area contributed by atoms with Crippen LogP contribution in [0, 0.1) is 35.5 Å². The first-order chi connectivity index (χ1) is 10.7. The normalized spacial score (nSPS) is 43.3. The molecule has 5 heteroatoms. The summed E-state index contributed by atoms with van der Waals surface area (Å²) in [6, 6.07) is 0. The standard InChI is InChI=1S/C17H24N2O3/c20-16-12-7-19(17(21)15-13-8-22-9-14(13)15)6-11(12)3-4-18(16)5-10-1-2-10/h10-15H,1-9H2/t11?,12?,13-,14+,15?. The zero-order valence-electron chi connectivity index (χ0n) is 12.9. The van der Waals surface area contributed by atoms with E-state index in [0.29, 0.717) is 36.1 Å². The Balaban J connectivity index is 1.24. The maximum atomic E-state index is 12.7. The van der Waals surface area contributed by atoms with Crippen molar-refractivity contribution in [3.63, 3.8) is 0 Å². The average molecular weight is 304 g/mol. The van der Waals surface area contributed by atoms with Gasteiger partial charge in [-0.15, -0.1) is 0 Å². The maximum Gasteiger partial charge on any atom is 0.227 e. The highest BCUT2D eigenvalue weighted by atomic mass is 16.5. The second-order valence-corrected chi connectivity index (χ2v) is 8.02. The van der Waals surface area contributed by atoms with Crippen LogP contribution in [0.25, 0.3) is 0 Å². The summed E-state index contributed by atoms with van der Waals surface area (Å²) in [6.07, 6.45) is 3.65. The van der Waals surface area contributed by atoms with Crippen molar-refractivity contribution in [2.45, 2.75) is 19.3 Å². The maximum absolute atomic E-state index is 12.7. The average Bonchev–Trinajstić information content (AvgIpc) is 3.35. The Morgan fingerprint density at radius 1 is 1.14 bits per heavy atom. The molecule has 3 unspecified atom stereocenters. The number of hydrogen-bond acceptors (Lipinski definition) is 3. The lowest BCUT2D eigenvalue weighted by molar-refractivity contribution is -0.140. The van der Waals surface area contributed by atoms with Crippen LogP contribution in [0.4, 0.5) is 0 Å². The molecule has 2 amide bonds. The predicted octanol–water partition coefficient (Wildman–Crippen LogP) is 0.596. The highest BCUT2D eigenvalue weighted by Gasteiger charge is 2.60. The molecule has 2 aliphatic carbocycles. The van der Waals surface area contributed by atoms with Crippen molar-refractivity contribution in [2.24, 2.45) is 35.5 Å². The molecule has 0 spiro atoms. The molecule has 120 valence electrons. The number of carbonyl (C=O) groups excluding carboxylic acids is 2. The molecule has 22 heavy (non-hydrogen) atoms. The molecule has 0 bridgehead atoms. The van der Waals surface area contributed by atoms with Crippen molar-refractivity contribution in [1.82, 2.24) is 9.80 Å². The minimum absolute atomic E-state index is 0.0753. The molecule has 5 atom stereocenters. The molecule has 5 aliphatic rings. The number of carbonyl (C=O) groups is 2. The van der Waals surface area contributed by atoms with E-state index in [2.05, 4.69) is 4.90 Å². The van der Waals surface area contributed by atoms with E-state index >= 15 is 0 Å². The molecule has 3 aliphatic heterocycles. The number of piperidine rings is 1. The number of amides is 2. The molecule has 3 saturated heterocycles. The summed E-state index contributed by atoms with van der Waals surface area (Å²) >= 11 is 0. The van der Waals surface area contributed by atoms with E-state index in [-0.39, 0.29) is 11.8 Å². The summed E-state index contributed by atoms with van der Waals surface area (Å²) in [7, 11) is 0. The second-order valence-electron chi connectivity index (χ2n) is 8.02. The molecule has 0 aromatic heterocycles. The first-order valence-electron chi connectivity index (χ1n) is 8.87. The van der Waals surface area contributed by atoms with E-state index in [9.17, 15) is 9.59 Å². The SMILES string of the molecule is O=C1C2CN(C(=O)C3[C@H]4COC[C@@H]34)CC2CCN1CC1CC1. The van der Waals surface area contributed by atoms with E-state index in [1.165, 1.54) is 12.8 Å². The molecule has 0 aromatic carbocycles. The van der Waals surface area contributed by atoms with Crippen LogP contribution in [-0.2, 0) is 14.3 Å². The highest BCUT2D eigenvalue weighted by Crippen LogP contribution is 2.52. The van der Waals surface area contributed by atoms with Gasteiger partial charge in [0.25, 0.3) is 0 Å². The Morgan fingerprint density at radius 2 is 1.91 bits per heavy atom. The lowest BCUT2D eigenvalue weighted by Gasteiger charge is -2.33. The number of ether oxygens (including phenoxy) is 1. The van der Waals surface area contributed by atoms with Crippen LogP contribution in [0.3, 0.4) is 0 Å². The summed E-state index contributed by atoms with van der Waals surface area (Å²) in [4.78, 5) is 29.4. The van der Waals surface area contributed by atoms with Gasteiger partial charge in [0.15, 0.2) is 0 Å². The Hall–Kier alpha value is -1.10. The first-order valence-corrected chi connectivity index (χ1v) is 8.87. The first kappa shape index (κ1) is 13.3. The van der Waals surface area contributed by atoms with Crippen LogP contribution in [0.5, 0.6) is 0 Å². The molecule has 0 aromatic rings. The van der Waals surface area contributed by atoms with Crippen molar-refractivity contribution >= 4 is 11.8 Å². The Labute approximate surface area is 131 Å². The fourth-order valence-electron chi connectivity index (χ4n) is 4.90. The molecule has 2 saturated carbocycles. The summed E-state index contributed by atoms with van der Waals surface area (Å²) < 4.78 is 5.39. The topological polar surface area (TPSA) is 49.9 Å². The fourth-order valence-corrected chi connectivity index (χ4v) is 4.90. The van der Waals surface area contributed by atoms with Crippen molar-refractivity contribution < 1.29 is 14.3 Å². The third-order valence-corrected chi connectivity index (χ3v) is 6.56. The number of nitrogens with zero attached hydrogens (tertiary/aromatic N) is 2. The van der Waals surface area contributed by atoms with Crippen molar-refractivity contribution in [3.8, 4) is 0 Å². The number of hydrogen-bond donors (Lipinski definition) is 0. The largest absolute Gasteiger partial charge is 0.381 e. The Morgan fingerprint density at radius 3 is 2.64 bits per heavy atom. The van der Waals surface area contributed by atoms with Gasteiger partial charge in [-0.1, -0.05) is 0 Å². The monoisotopic (exact) mass is 304 g/mol. The molecule has 5 fully saturated rings. The van der Waals surface area contributed by atoms with Gasteiger partial charge in [0.2, 0.25) is 11.8 Å². The summed E-state index contributed by atoms with van der Waals surface area (Å²) in [5, 5.41) is 0. The minimum Gasteiger partial charge on any atom is -0.381 e. The van der Waals surface area contributed by atoms with Crippen LogP contribution < -0.4 is 0 Å². The highest BCUT2D eigenvalue weighted by molar-refractivity contribution is 5.86. The van der Waals surface area contributed by atoms with Crippen molar-refractivity contribution in [1.29, 1.82) is 0 Å². The van der Waals surface area contributed by atoms with Gasteiger partial charge in [-0.3, -0.25) is 9.59 Å². The van der Waals surface area contributed by atoms with Crippen LogP contribution in [0.1, 0.15) is 19.3 Å². The van der Waals surface area contributed by atoms with Crippen molar-refractivity contribution in [2.75, 3.05) is 39.4 Å². The summed E-state index contributed by atoms with van der Waals surface area (Å²) in [5.41, 5.74) is 0. The Bertz CT molecular complexity index is 508. The smallest absolute Gasteiger partial charge is 0.227 e. The van der Waals surface area contributed by atoms with Gasteiger partial charge in [0.05, 0.1) is 19.1 Å². The van der Waals surface area contributed by atoms with Gasteiger partial charge in [-0.05, 0) is 42.9 Å². The summed E-state index contributed by atoms with van der Waals surface area (Å²) in [5.74, 6) is 2.99. The number of rotatable bonds is 3. The summed E-state index contributed by atoms with van der Waals surface area (Å²) in [6.45, 7) is 4.86. The second kappa shape index (κ2) is 4.70. The molecule has 0 radical (unpaired) electrons. The van der Waals surface area contributed by atoms with Crippen LogP contribution in [0.2, 0.25) is 0 Å². The molecule has 0 N–H and O–H groups in total. The van der Waals surface area contributed by atoms with E-state index in [4.69, 9.17) is 4.74 Å². The van der Waals surface area contributed by atoms with Crippen LogP contribution >= 0.6 is 0 Å². The van der Waals surface area contributed by atoms with E-state index in [1.807, 2.05) is 4.90 Å². The molecular weight excluding hydrogens is 280 g/mol. The zero-order chi connectivity index (χ0) is 14.8. The Kier molecular flexibility index (Phi) is 2.85. The van der Waals surface area contributed by atoms with Gasteiger partial charge in [0, 0.05) is 32.1 Å². The van der Waals surface area contributed by atoms with Gasteiger partial charge in [-0.25, -0.2) is 0 Å². The predicted molar refractivity (Wildman–Crippen MR) is 78.8 cm³/mol.